The lowest BCUT2D eigenvalue weighted by Crippen LogP contribution is -2.12. The van der Waals surface area contributed by atoms with E-state index in [1.165, 1.54) is 0 Å². The van der Waals surface area contributed by atoms with E-state index in [1.807, 2.05) is 38.1 Å². The molecule has 0 spiro atoms. The third-order valence-electron chi connectivity index (χ3n) is 2.58. The second kappa shape index (κ2) is 6.59. The first-order valence-corrected chi connectivity index (χ1v) is 6.45. The smallest absolute Gasteiger partial charge is 0.145 e. The van der Waals surface area contributed by atoms with E-state index in [0.29, 0.717) is 11.5 Å². The molecule has 0 N–H and O–H groups in total. The molecule has 0 aliphatic carbocycles. The van der Waals surface area contributed by atoms with Gasteiger partial charge in [0.25, 0.3) is 0 Å². The molecule has 0 aliphatic rings. The van der Waals surface area contributed by atoms with Crippen LogP contribution < -0.4 is 4.74 Å². The average molecular weight is 238 g/mol. The maximum absolute atomic E-state index is 11.6. The zero-order valence-corrected chi connectivity index (χ0v) is 10.8. The fourth-order valence-corrected chi connectivity index (χ4v) is 2.18. The summed E-state index contributed by atoms with van der Waals surface area (Å²) >= 11 is 1.57. The molecule has 0 radical (unpaired) electrons. The molecule has 2 nitrogen and oxygen atoms in total. The zero-order valence-electron chi connectivity index (χ0n) is 10.0. The molecule has 0 heterocycles. The van der Waals surface area contributed by atoms with E-state index in [0.717, 1.165) is 17.1 Å². The summed E-state index contributed by atoms with van der Waals surface area (Å²) in [7, 11) is 1.65. The molecule has 1 rings (SSSR count). The van der Waals surface area contributed by atoms with Gasteiger partial charge in [0.1, 0.15) is 11.5 Å². The molecule has 0 fully saturated rings. The van der Waals surface area contributed by atoms with Crippen LogP contribution in [0.4, 0.5) is 0 Å². The lowest BCUT2D eigenvalue weighted by Gasteiger charge is -2.07. The maximum Gasteiger partial charge on any atom is 0.145 e. The summed E-state index contributed by atoms with van der Waals surface area (Å²) in [5, 5.41) is 0. The van der Waals surface area contributed by atoms with Gasteiger partial charge in [-0.1, -0.05) is 19.9 Å². The van der Waals surface area contributed by atoms with Crippen molar-refractivity contribution < 1.29 is 9.53 Å². The van der Waals surface area contributed by atoms with Crippen LogP contribution in [0.2, 0.25) is 0 Å². The highest BCUT2D eigenvalue weighted by molar-refractivity contribution is 8.00. The Labute approximate surface area is 101 Å². The average Bonchev–Trinajstić information content (AvgIpc) is 2.35. The van der Waals surface area contributed by atoms with Crippen molar-refractivity contribution in [2.24, 2.45) is 5.92 Å². The molecule has 1 aromatic rings. The summed E-state index contributed by atoms with van der Waals surface area (Å²) in [6, 6.07) is 7.79. The zero-order chi connectivity index (χ0) is 12.0. The molecule has 88 valence electrons. The molecule has 0 saturated heterocycles. The first-order valence-electron chi connectivity index (χ1n) is 5.47. The number of hydrogen-bond acceptors (Lipinski definition) is 3. The van der Waals surface area contributed by atoms with Crippen LogP contribution in [-0.2, 0) is 4.79 Å². The van der Waals surface area contributed by atoms with E-state index >= 15 is 0 Å². The van der Waals surface area contributed by atoms with Gasteiger partial charge in [0.15, 0.2) is 0 Å². The van der Waals surface area contributed by atoms with Gasteiger partial charge in [-0.15, -0.1) is 11.8 Å². The van der Waals surface area contributed by atoms with Crippen molar-refractivity contribution in [1.29, 1.82) is 0 Å². The van der Waals surface area contributed by atoms with Crippen LogP contribution in [0, 0.1) is 5.92 Å². The van der Waals surface area contributed by atoms with Gasteiger partial charge >= 0.3 is 0 Å². The number of benzene rings is 1. The minimum absolute atomic E-state index is 0.165. The molecule has 16 heavy (non-hydrogen) atoms. The quantitative estimate of drug-likeness (QED) is 0.710. The van der Waals surface area contributed by atoms with Gasteiger partial charge < -0.3 is 4.74 Å². The van der Waals surface area contributed by atoms with Crippen LogP contribution in [0.15, 0.2) is 29.2 Å². The summed E-state index contributed by atoms with van der Waals surface area (Å²) in [6.45, 7) is 4.02. The van der Waals surface area contributed by atoms with Gasteiger partial charge in [-0.3, -0.25) is 4.79 Å². The number of thioether (sulfide) groups is 1. The lowest BCUT2D eigenvalue weighted by molar-refractivity contribution is -0.119. The van der Waals surface area contributed by atoms with Crippen LogP contribution in [0.25, 0.3) is 0 Å². The molecular weight excluding hydrogens is 220 g/mol. The van der Waals surface area contributed by atoms with Gasteiger partial charge in [-0.25, -0.2) is 0 Å². The predicted octanol–water partition coefficient (Wildman–Crippen LogP) is 3.40. The number of carbonyl (C=O) groups excluding carboxylic acids is 1. The minimum atomic E-state index is 0.165. The number of ether oxygens (including phenoxy) is 1. The van der Waals surface area contributed by atoms with E-state index in [1.54, 1.807) is 18.9 Å². The van der Waals surface area contributed by atoms with Crippen LogP contribution in [0.5, 0.6) is 5.75 Å². The molecule has 0 amide bonds. The Morgan fingerprint density at radius 1 is 1.50 bits per heavy atom. The highest BCUT2D eigenvalue weighted by Crippen LogP contribution is 2.23. The molecule has 0 aliphatic heterocycles. The number of ketones is 1. The van der Waals surface area contributed by atoms with Gasteiger partial charge in [0.2, 0.25) is 0 Å². The van der Waals surface area contributed by atoms with E-state index in [4.69, 9.17) is 4.74 Å². The summed E-state index contributed by atoms with van der Waals surface area (Å²) in [5.74, 6) is 1.86. The lowest BCUT2D eigenvalue weighted by atomic mass is 10.1. The monoisotopic (exact) mass is 238 g/mol. The van der Waals surface area contributed by atoms with Crippen LogP contribution >= 0.6 is 11.8 Å². The molecule has 0 aromatic heterocycles. The Morgan fingerprint density at radius 3 is 2.88 bits per heavy atom. The topological polar surface area (TPSA) is 26.3 Å². The number of carbonyl (C=O) groups is 1. The van der Waals surface area contributed by atoms with Crippen molar-refractivity contribution in [3.63, 3.8) is 0 Å². The third kappa shape index (κ3) is 3.89. The van der Waals surface area contributed by atoms with Gasteiger partial charge in [-0.2, -0.15) is 0 Å². The highest BCUT2D eigenvalue weighted by atomic mass is 32.2. The fraction of sp³-hybridized carbons (Fsp3) is 0.462. The summed E-state index contributed by atoms with van der Waals surface area (Å²) in [6.07, 6.45) is 0.914. The molecule has 1 atom stereocenters. The SMILES string of the molecule is CCC(C)C(=O)CSc1cccc(OC)c1. The highest BCUT2D eigenvalue weighted by Gasteiger charge is 2.10. The number of rotatable bonds is 6. The van der Waals surface area contributed by atoms with Crippen LogP contribution in [-0.4, -0.2) is 18.6 Å². The summed E-state index contributed by atoms with van der Waals surface area (Å²) < 4.78 is 5.13. The molecule has 1 unspecified atom stereocenters. The molecule has 1 aromatic carbocycles. The number of Topliss-reactive ketones (excluding diaryl/α,β-unsaturated/α-hetero) is 1. The largest absolute Gasteiger partial charge is 0.497 e. The van der Waals surface area contributed by atoms with Crippen molar-refractivity contribution >= 4 is 17.5 Å². The van der Waals surface area contributed by atoms with E-state index in [-0.39, 0.29) is 5.92 Å². The molecule has 0 bridgehead atoms. The maximum atomic E-state index is 11.6. The van der Waals surface area contributed by atoms with E-state index in [2.05, 4.69) is 0 Å². The van der Waals surface area contributed by atoms with Gasteiger partial charge in [-0.05, 0) is 24.6 Å². The van der Waals surface area contributed by atoms with Crippen molar-refractivity contribution in [3.8, 4) is 5.75 Å². The fourth-order valence-electron chi connectivity index (χ4n) is 1.22. The van der Waals surface area contributed by atoms with Gasteiger partial charge in [0.05, 0.1) is 12.9 Å². The van der Waals surface area contributed by atoms with Crippen molar-refractivity contribution in [2.75, 3.05) is 12.9 Å². The molecule has 3 heteroatoms. The van der Waals surface area contributed by atoms with Crippen LogP contribution in [0.1, 0.15) is 20.3 Å². The van der Waals surface area contributed by atoms with Crippen molar-refractivity contribution in [3.05, 3.63) is 24.3 Å². The molecular formula is C13H18O2S. The normalized spacial score (nSPS) is 12.2. The second-order valence-electron chi connectivity index (χ2n) is 3.74. The van der Waals surface area contributed by atoms with E-state index < -0.39 is 0 Å². The Bertz CT molecular complexity index is 350. The van der Waals surface area contributed by atoms with Crippen molar-refractivity contribution in [1.82, 2.24) is 0 Å². The Balaban J connectivity index is 2.51. The number of methoxy groups -OCH3 is 1. The van der Waals surface area contributed by atoms with Crippen LogP contribution in [0.3, 0.4) is 0 Å². The third-order valence-corrected chi connectivity index (χ3v) is 3.60. The molecule has 0 saturated carbocycles. The van der Waals surface area contributed by atoms with Gasteiger partial charge in [0, 0.05) is 10.8 Å². The minimum Gasteiger partial charge on any atom is -0.497 e. The number of hydrogen-bond donors (Lipinski definition) is 0. The Kier molecular flexibility index (Phi) is 5.39. The predicted molar refractivity (Wildman–Crippen MR) is 68.2 cm³/mol. The Morgan fingerprint density at radius 2 is 2.25 bits per heavy atom. The summed E-state index contributed by atoms with van der Waals surface area (Å²) in [5.41, 5.74) is 0. The van der Waals surface area contributed by atoms with E-state index in [9.17, 15) is 4.79 Å². The van der Waals surface area contributed by atoms with Crippen molar-refractivity contribution in [2.45, 2.75) is 25.2 Å². The summed E-state index contributed by atoms with van der Waals surface area (Å²) in [4.78, 5) is 12.7. The standard InChI is InChI=1S/C13H18O2S/c1-4-10(2)13(14)9-16-12-7-5-6-11(8-12)15-3/h5-8,10H,4,9H2,1-3H3. The Hall–Kier alpha value is -0.960. The first kappa shape index (κ1) is 13.1. The second-order valence-corrected chi connectivity index (χ2v) is 4.79. The first-order chi connectivity index (χ1) is 7.67.